The van der Waals surface area contributed by atoms with Crippen molar-refractivity contribution >= 4 is 45.1 Å². The molecule has 1 N–H and O–H groups in total. The molecule has 0 bridgehead atoms. The van der Waals surface area contributed by atoms with Gasteiger partial charge in [0.1, 0.15) is 0 Å². The maximum Gasteiger partial charge on any atom is 0.183 e. The highest BCUT2D eigenvalue weighted by Gasteiger charge is 2.25. The number of rotatable bonds is 2. The topological polar surface area (TPSA) is 29.1 Å². The molecular weight excluding hydrogens is 329 g/mol. The summed E-state index contributed by atoms with van der Waals surface area (Å²) < 4.78 is 14.3. The van der Waals surface area contributed by atoms with Crippen molar-refractivity contribution in [2.24, 2.45) is 0 Å². The molecular formula is C11H10BrClFNOS. The summed E-state index contributed by atoms with van der Waals surface area (Å²) in [6.07, 6.45) is 0. The predicted octanol–water partition coefficient (Wildman–Crippen LogP) is 3.13. The molecule has 1 saturated heterocycles. The predicted molar refractivity (Wildman–Crippen MR) is 72.6 cm³/mol. The van der Waals surface area contributed by atoms with E-state index in [1.165, 1.54) is 6.07 Å². The Morgan fingerprint density at radius 1 is 1.59 bits per heavy atom. The summed E-state index contributed by atoms with van der Waals surface area (Å²) in [6, 6.07) is 2.74. The van der Waals surface area contributed by atoms with Crippen LogP contribution < -0.4 is 5.32 Å². The quantitative estimate of drug-likeness (QED) is 0.663. The van der Waals surface area contributed by atoms with Gasteiger partial charge in [-0.25, -0.2) is 4.39 Å². The Labute approximate surface area is 116 Å². The minimum Gasteiger partial charge on any atom is -0.306 e. The summed E-state index contributed by atoms with van der Waals surface area (Å²) in [5.41, 5.74) is 0.0539. The van der Waals surface area contributed by atoms with E-state index in [2.05, 4.69) is 21.2 Å². The summed E-state index contributed by atoms with van der Waals surface area (Å²) in [7, 11) is 0. The molecule has 1 aromatic carbocycles. The molecule has 0 amide bonds. The fourth-order valence-electron chi connectivity index (χ4n) is 1.64. The number of carbonyl (C=O) groups is 1. The first-order valence-corrected chi connectivity index (χ1v) is 7.42. The standard InChI is InChI=1S/C11H10BrClFNOS/c12-7-2-1-6(10(14)9(7)13)11(16)8-5-17-4-3-15-8/h1-2,8,15H,3-5H2. The third kappa shape index (κ3) is 2.84. The second kappa shape index (κ2) is 5.69. The second-order valence-corrected chi connectivity index (χ2v) is 6.05. The number of ketones is 1. The van der Waals surface area contributed by atoms with Crippen LogP contribution in [0.15, 0.2) is 16.6 Å². The molecule has 0 saturated carbocycles. The third-order valence-corrected chi connectivity index (χ3v) is 4.86. The number of carbonyl (C=O) groups excluding carboxylic acids is 1. The van der Waals surface area contributed by atoms with E-state index in [9.17, 15) is 9.18 Å². The van der Waals surface area contributed by atoms with Gasteiger partial charge in [-0.05, 0) is 28.1 Å². The molecule has 1 atom stereocenters. The van der Waals surface area contributed by atoms with Crippen LogP contribution in [-0.4, -0.2) is 29.9 Å². The zero-order chi connectivity index (χ0) is 12.4. The van der Waals surface area contributed by atoms with Crippen molar-refractivity contribution in [1.82, 2.24) is 5.32 Å². The number of benzene rings is 1. The van der Waals surface area contributed by atoms with E-state index in [-0.39, 0.29) is 22.4 Å². The van der Waals surface area contributed by atoms with Gasteiger partial charge in [0, 0.05) is 22.5 Å². The molecule has 92 valence electrons. The van der Waals surface area contributed by atoms with Crippen LogP contribution in [0.25, 0.3) is 0 Å². The Morgan fingerprint density at radius 3 is 3.00 bits per heavy atom. The van der Waals surface area contributed by atoms with Crippen LogP contribution >= 0.6 is 39.3 Å². The molecule has 1 aromatic rings. The fourth-order valence-corrected chi connectivity index (χ4v) is 3.04. The zero-order valence-electron chi connectivity index (χ0n) is 8.80. The van der Waals surface area contributed by atoms with Crippen LogP contribution in [0.2, 0.25) is 5.02 Å². The minimum absolute atomic E-state index is 0.0423. The van der Waals surface area contributed by atoms with Gasteiger partial charge in [0.2, 0.25) is 0 Å². The molecule has 1 heterocycles. The lowest BCUT2D eigenvalue weighted by atomic mass is 10.0. The molecule has 17 heavy (non-hydrogen) atoms. The summed E-state index contributed by atoms with van der Waals surface area (Å²) in [5, 5.41) is 3.04. The van der Waals surface area contributed by atoms with Crippen molar-refractivity contribution in [1.29, 1.82) is 0 Å². The van der Waals surface area contributed by atoms with Crippen LogP contribution in [0.5, 0.6) is 0 Å². The van der Waals surface area contributed by atoms with Crippen LogP contribution in [-0.2, 0) is 0 Å². The van der Waals surface area contributed by atoms with Crippen molar-refractivity contribution in [2.75, 3.05) is 18.1 Å². The Balaban J connectivity index is 2.27. The summed E-state index contributed by atoms with van der Waals surface area (Å²) in [6.45, 7) is 0.771. The van der Waals surface area contributed by atoms with Crippen LogP contribution in [0, 0.1) is 5.82 Å². The molecule has 1 aliphatic heterocycles. The Kier molecular flexibility index (Phi) is 4.47. The number of hydrogen-bond acceptors (Lipinski definition) is 3. The lowest BCUT2D eigenvalue weighted by Crippen LogP contribution is -2.43. The molecule has 2 nitrogen and oxygen atoms in total. The number of thioether (sulfide) groups is 1. The summed E-state index contributed by atoms with van der Waals surface area (Å²) in [5.74, 6) is 0.770. The molecule has 0 radical (unpaired) electrons. The van der Waals surface area contributed by atoms with Crippen molar-refractivity contribution in [3.63, 3.8) is 0 Å². The molecule has 0 aromatic heterocycles. The minimum atomic E-state index is -0.650. The van der Waals surface area contributed by atoms with E-state index in [1.807, 2.05) is 0 Å². The molecule has 6 heteroatoms. The van der Waals surface area contributed by atoms with Gasteiger partial charge in [0.15, 0.2) is 11.6 Å². The van der Waals surface area contributed by atoms with Gasteiger partial charge >= 0.3 is 0 Å². The first-order chi connectivity index (χ1) is 8.11. The molecule has 1 unspecified atom stereocenters. The lowest BCUT2D eigenvalue weighted by molar-refractivity contribution is 0.0949. The van der Waals surface area contributed by atoms with Crippen LogP contribution in [0.1, 0.15) is 10.4 Å². The van der Waals surface area contributed by atoms with Gasteiger partial charge in [-0.15, -0.1) is 0 Å². The molecule has 0 spiro atoms. The highest BCUT2D eigenvalue weighted by atomic mass is 79.9. The van der Waals surface area contributed by atoms with Crippen molar-refractivity contribution < 1.29 is 9.18 Å². The van der Waals surface area contributed by atoms with Gasteiger partial charge < -0.3 is 5.32 Å². The third-order valence-electron chi connectivity index (χ3n) is 2.54. The Hall–Kier alpha value is -0.100. The summed E-state index contributed by atoms with van der Waals surface area (Å²) in [4.78, 5) is 12.1. The van der Waals surface area contributed by atoms with Crippen molar-refractivity contribution in [3.05, 3.63) is 33.0 Å². The molecule has 1 fully saturated rings. The van der Waals surface area contributed by atoms with Gasteiger partial charge in [0.05, 0.1) is 16.6 Å². The van der Waals surface area contributed by atoms with Crippen molar-refractivity contribution in [3.8, 4) is 0 Å². The average molecular weight is 339 g/mol. The lowest BCUT2D eigenvalue weighted by Gasteiger charge is -2.22. The SMILES string of the molecule is O=C(c1ccc(Br)c(Cl)c1F)C1CSCCN1. The van der Waals surface area contributed by atoms with Crippen LogP contribution in [0.4, 0.5) is 4.39 Å². The van der Waals surface area contributed by atoms with Crippen LogP contribution in [0.3, 0.4) is 0 Å². The smallest absolute Gasteiger partial charge is 0.183 e. The van der Waals surface area contributed by atoms with Crippen molar-refractivity contribution in [2.45, 2.75) is 6.04 Å². The molecule has 1 aliphatic rings. The van der Waals surface area contributed by atoms with Gasteiger partial charge in [-0.2, -0.15) is 11.8 Å². The molecule has 2 rings (SSSR count). The first kappa shape index (κ1) is 13.3. The highest BCUT2D eigenvalue weighted by Crippen LogP contribution is 2.28. The number of Topliss-reactive ketones (excluding diaryl/α,β-unsaturated/α-hetero) is 1. The Morgan fingerprint density at radius 2 is 2.35 bits per heavy atom. The molecule has 0 aliphatic carbocycles. The maximum atomic E-state index is 13.9. The fraction of sp³-hybridized carbons (Fsp3) is 0.364. The van der Waals surface area contributed by atoms with Gasteiger partial charge in [-0.1, -0.05) is 11.6 Å². The van der Waals surface area contributed by atoms with Gasteiger partial charge in [0.25, 0.3) is 0 Å². The van der Waals surface area contributed by atoms with E-state index >= 15 is 0 Å². The van der Waals surface area contributed by atoms with E-state index in [1.54, 1.807) is 17.8 Å². The largest absolute Gasteiger partial charge is 0.306 e. The summed E-state index contributed by atoms with van der Waals surface area (Å²) >= 11 is 10.6. The Bertz CT molecular complexity index is 451. The maximum absolute atomic E-state index is 13.9. The monoisotopic (exact) mass is 337 g/mol. The number of hydrogen-bond donors (Lipinski definition) is 1. The normalized spacial score (nSPS) is 20.3. The van der Waals surface area contributed by atoms with E-state index in [4.69, 9.17) is 11.6 Å². The average Bonchev–Trinajstić information content (AvgIpc) is 2.36. The van der Waals surface area contributed by atoms with E-state index < -0.39 is 5.82 Å². The first-order valence-electron chi connectivity index (χ1n) is 5.10. The van der Waals surface area contributed by atoms with E-state index in [0.29, 0.717) is 10.2 Å². The zero-order valence-corrected chi connectivity index (χ0v) is 12.0. The number of nitrogens with one attached hydrogen (secondary N) is 1. The van der Waals surface area contributed by atoms with Gasteiger partial charge in [-0.3, -0.25) is 4.79 Å². The second-order valence-electron chi connectivity index (χ2n) is 3.67. The van der Waals surface area contributed by atoms with E-state index in [0.717, 1.165) is 12.3 Å². The highest BCUT2D eigenvalue weighted by molar-refractivity contribution is 9.10. The number of halogens is 3.